The van der Waals surface area contributed by atoms with Crippen molar-refractivity contribution in [2.24, 2.45) is 7.05 Å². The maximum atomic E-state index is 12.1. The Morgan fingerprint density at radius 3 is 2.82 bits per heavy atom. The third kappa shape index (κ3) is 2.87. The van der Waals surface area contributed by atoms with Crippen molar-refractivity contribution in [3.05, 3.63) is 48.0 Å². The zero-order valence-electron chi connectivity index (χ0n) is 12.9. The van der Waals surface area contributed by atoms with E-state index >= 15 is 0 Å². The summed E-state index contributed by atoms with van der Waals surface area (Å²) in [6.07, 6.45) is 4.96. The van der Waals surface area contributed by atoms with Gasteiger partial charge in [0.1, 0.15) is 0 Å². The predicted molar refractivity (Wildman–Crippen MR) is 83.1 cm³/mol. The fourth-order valence-electron chi connectivity index (χ4n) is 3.06. The molecular weight excluding hydrogens is 278 g/mol. The highest BCUT2D eigenvalue weighted by Gasteiger charge is 2.39. The Balaban J connectivity index is 1.66. The van der Waals surface area contributed by atoms with Crippen molar-refractivity contribution in [2.45, 2.75) is 24.9 Å². The van der Waals surface area contributed by atoms with Crippen LogP contribution in [-0.2, 0) is 18.3 Å². The molecule has 0 bridgehead atoms. The SMILES string of the molecule is CN1C(=O)C[C@@H](NCCc2ccccn2)[C@@H]1c1ccnn1C. The largest absolute Gasteiger partial charge is 0.336 e. The van der Waals surface area contributed by atoms with Crippen LogP contribution in [0.5, 0.6) is 0 Å². The van der Waals surface area contributed by atoms with Gasteiger partial charge in [-0.25, -0.2) is 0 Å². The Hall–Kier alpha value is -2.21. The van der Waals surface area contributed by atoms with Crippen molar-refractivity contribution in [1.29, 1.82) is 0 Å². The number of amides is 1. The van der Waals surface area contributed by atoms with Crippen LogP contribution in [0.15, 0.2) is 36.7 Å². The van der Waals surface area contributed by atoms with E-state index in [1.54, 1.807) is 12.4 Å². The van der Waals surface area contributed by atoms with E-state index in [4.69, 9.17) is 0 Å². The summed E-state index contributed by atoms with van der Waals surface area (Å²) in [6.45, 7) is 0.803. The lowest BCUT2D eigenvalue weighted by Crippen LogP contribution is -2.37. The second-order valence-corrected chi connectivity index (χ2v) is 5.66. The first-order chi connectivity index (χ1) is 10.7. The molecule has 0 spiro atoms. The maximum absolute atomic E-state index is 12.1. The molecule has 22 heavy (non-hydrogen) atoms. The first-order valence-corrected chi connectivity index (χ1v) is 7.53. The van der Waals surface area contributed by atoms with Gasteiger partial charge in [-0.3, -0.25) is 14.5 Å². The van der Waals surface area contributed by atoms with Gasteiger partial charge in [0, 0.05) is 57.6 Å². The van der Waals surface area contributed by atoms with E-state index in [0.29, 0.717) is 6.42 Å². The molecule has 0 radical (unpaired) electrons. The standard InChI is InChI=1S/C16H21N5O/c1-20-15(22)11-13(16(20)14-7-10-19-21(14)2)18-9-6-12-5-3-4-8-17-12/h3-5,7-8,10,13,16,18H,6,9,11H2,1-2H3/t13-,16-/m1/s1. The number of likely N-dealkylation sites (tertiary alicyclic amines) is 1. The van der Waals surface area contributed by atoms with E-state index in [0.717, 1.165) is 24.4 Å². The maximum Gasteiger partial charge on any atom is 0.224 e. The summed E-state index contributed by atoms with van der Waals surface area (Å²) in [5, 5.41) is 7.74. The number of carbonyl (C=O) groups excluding carboxylic acids is 1. The molecule has 0 aromatic carbocycles. The fourth-order valence-corrected chi connectivity index (χ4v) is 3.06. The van der Waals surface area contributed by atoms with E-state index in [1.165, 1.54) is 0 Å². The minimum absolute atomic E-state index is 0.0312. The van der Waals surface area contributed by atoms with E-state index in [1.807, 2.05) is 47.9 Å². The first kappa shape index (κ1) is 14.7. The zero-order chi connectivity index (χ0) is 15.5. The normalized spacial score (nSPS) is 21.5. The highest BCUT2D eigenvalue weighted by atomic mass is 16.2. The lowest BCUT2D eigenvalue weighted by atomic mass is 10.1. The van der Waals surface area contributed by atoms with Gasteiger partial charge in [0.2, 0.25) is 5.91 Å². The van der Waals surface area contributed by atoms with Crippen LogP contribution in [0.3, 0.4) is 0 Å². The number of rotatable bonds is 5. The number of hydrogen-bond donors (Lipinski definition) is 1. The van der Waals surface area contributed by atoms with Crippen LogP contribution < -0.4 is 5.32 Å². The van der Waals surface area contributed by atoms with Crippen LogP contribution in [-0.4, -0.2) is 45.2 Å². The van der Waals surface area contributed by atoms with Crippen LogP contribution in [0.25, 0.3) is 0 Å². The number of aromatic nitrogens is 3. The molecule has 1 aliphatic rings. The Kier molecular flexibility index (Phi) is 4.20. The summed E-state index contributed by atoms with van der Waals surface area (Å²) < 4.78 is 1.84. The molecule has 2 aromatic heterocycles. The molecule has 0 unspecified atom stereocenters. The number of carbonyl (C=O) groups is 1. The summed E-state index contributed by atoms with van der Waals surface area (Å²) in [5.41, 5.74) is 2.12. The quantitative estimate of drug-likeness (QED) is 0.892. The molecule has 1 fully saturated rings. The highest BCUT2D eigenvalue weighted by molar-refractivity contribution is 5.80. The fraction of sp³-hybridized carbons (Fsp3) is 0.438. The predicted octanol–water partition coefficient (Wildman–Crippen LogP) is 0.919. The monoisotopic (exact) mass is 299 g/mol. The van der Waals surface area contributed by atoms with Crippen molar-refractivity contribution in [3.8, 4) is 0 Å². The van der Waals surface area contributed by atoms with Crippen LogP contribution >= 0.6 is 0 Å². The lowest BCUT2D eigenvalue weighted by molar-refractivity contribution is -0.127. The topological polar surface area (TPSA) is 63.1 Å². The number of nitrogens with zero attached hydrogens (tertiary/aromatic N) is 4. The third-order valence-corrected chi connectivity index (χ3v) is 4.26. The number of pyridine rings is 1. The third-order valence-electron chi connectivity index (χ3n) is 4.26. The summed E-state index contributed by atoms with van der Waals surface area (Å²) in [7, 11) is 3.78. The molecule has 2 aromatic rings. The van der Waals surface area contributed by atoms with Gasteiger partial charge < -0.3 is 10.2 Å². The van der Waals surface area contributed by atoms with Crippen molar-refractivity contribution in [2.75, 3.05) is 13.6 Å². The van der Waals surface area contributed by atoms with Crippen LogP contribution in [0.2, 0.25) is 0 Å². The van der Waals surface area contributed by atoms with Crippen molar-refractivity contribution < 1.29 is 4.79 Å². The summed E-state index contributed by atoms with van der Waals surface area (Å²) >= 11 is 0. The zero-order valence-corrected chi connectivity index (χ0v) is 12.9. The smallest absolute Gasteiger partial charge is 0.224 e. The van der Waals surface area contributed by atoms with Crippen LogP contribution in [0.4, 0.5) is 0 Å². The minimum Gasteiger partial charge on any atom is -0.336 e. The molecule has 3 heterocycles. The van der Waals surface area contributed by atoms with E-state index in [2.05, 4.69) is 15.4 Å². The molecule has 6 heteroatoms. The summed E-state index contributed by atoms with van der Waals surface area (Å²) in [6, 6.07) is 8.05. The van der Waals surface area contributed by atoms with Gasteiger partial charge in [0.25, 0.3) is 0 Å². The molecule has 0 saturated carbocycles. The molecular formula is C16H21N5O. The molecule has 3 rings (SSSR count). The summed E-state index contributed by atoms with van der Waals surface area (Å²) in [4.78, 5) is 18.2. The molecule has 116 valence electrons. The molecule has 1 aliphatic heterocycles. The van der Waals surface area contributed by atoms with E-state index in [9.17, 15) is 4.79 Å². The first-order valence-electron chi connectivity index (χ1n) is 7.53. The van der Waals surface area contributed by atoms with Gasteiger partial charge in [-0.15, -0.1) is 0 Å². The molecule has 2 atom stereocenters. The Bertz CT molecular complexity index is 639. The Labute approximate surface area is 130 Å². The molecule has 1 saturated heterocycles. The number of likely N-dealkylation sites (N-methyl/N-ethyl adjacent to an activating group) is 1. The van der Waals surface area contributed by atoms with Crippen molar-refractivity contribution in [1.82, 2.24) is 25.0 Å². The van der Waals surface area contributed by atoms with Crippen molar-refractivity contribution >= 4 is 5.91 Å². The van der Waals surface area contributed by atoms with Gasteiger partial charge >= 0.3 is 0 Å². The molecule has 6 nitrogen and oxygen atoms in total. The lowest BCUT2D eigenvalue weighted by Gasteiger charge is -2.25. The van der Waals surface area contributed by atoms with Gasteiger partial charge in [-0.2, -0.15) is 5.10 Å². The Morgan fingerprint density at radius 1 is 1.27 bits per heavy atom. The molecule has 1 N–H and O–H groups in total. The van der Waals surface area contributed by atoms with E-state index < -0.39 is 0 Å². The van der Waals surface area contributed by atoms with Gasteiger partial charge in [-0.1, -0.05) is 6.07 Å². The van der Waals surface area contributed by atoms with Crippen LogP contribution in [0.1, 0.15) is 23.9 Å². The van der Waals surface area contributed by atoms with Crippen LogP contribution in [0, 0.1) is 0 Å². The second kappa shape index (κ2) is 6.27. The van der Waals surface area contributed by atoms with Gasteiger partial charge in [-0.05, 0) is 18.2 Å². The molecule has 1 amide bonds. The van der Waals surface area contributed by atoms with Gasteiger partial charge in [0.05, 0.1) is 11.7 Å². The summed E-state index contributed by atoms with van der Waals surface area (Å²) in [5.74, 6) is 0.168. The second-order valence-electron chi connectivity index (χ2n) is 5.66. The highest BCUT2D eigenvalue weighted by Crippen LogP contribution is 2.31. The molecule has 0 aliphatic carbocycles. The average molecular weight is 299 g/mol. The number of aryl methyl sites for hydroxylation is 1. The van der Waals surface area contributed by atoms with E-state index in [-0.39, 0.29) is 18.0 Å². The average Bonchev–Trinajstić information content (AvgIpc) is 3.05. The Morgan fingerprint density at radius 2 is 2.14 bits per heavy atom. The van der Waals surface area contributed by atoms with Gasteiger partial charge in [0.15, 0.2) is 0 Å². The minimum atomic E-state index is 0.0312. The van der Waals surface area contributed by atoms with Crippen molar-refractivity contribution in [3.63, 3.8) is 0 Å². The number of hydrogen-bond acceptors (Lipinski definition) is 4. The number of nitrogens with one attached hydrogen (secondary N) is 1.